The Morgan fingerprint density at radius 2 is 1.96 bits per heavy atom. The van der Waals surface area contributed by atoms with Crippen LogP contribution in [0.1, 0.15) is 28.8 Å². The number of carbonyl (C=O) groups is 1. The Morgan fingerprint density at radius 1 is 1.35 bits per heavy atom. The molecule has 0 spiro atoms. The minimum absolute atomic E-state index is 0. The quantitative estimate of drug-likeness (QED) is 0.821. The maximum atomic E-state index is 12.8. The van der Waals surface area contributed by atoms with E-state index in [2.05, 4.69) is 4.74 Å². The van der Waals surface area contributed by atoms with Crippen LogP contribution in [0.4, 0.5) is 0 Å². The fraction of sp³-hybridized carbons (Fsp3) is 0.533. The van der Waals surface area contributed by atoms with Gasteiger partial charge in [-0.15, -0.1) is 12.4 Å². The van der Waals surface area contributed by atoms with Crippen LogP contribution in [0.2, 0.25) is 0 Å². The van der Waals surface area contributed by atoms with Crippen molar-refractivity contribution in [3.05, 3.63) is 29.3 Å². The molecule has 8 heteroatoms. The molecular weight excluding hydrogens is 340 g/mol. The summed E-state index contributed by atoms with van der Waals surface area (Å²) in [5, 5.41) is 0. The molecule has 130 valence electrons. The Hall–Kier alpha value is -1.15. The minimum atomic E-state index is -3.60. The van der Waals surface area contributed by atoms with Gasteiger partial charge in [-0.3, -0.25) is 0 Å². The van der Waals surface area contributed by atoms with Crippen LogP contribution in [-0.2, 0) is 14.8 Å². The normalized spacial score (nSPS) is 16.7. The lowest BCUT2D eigenvalue weighted by Crippen LogP contribution is -2.40. The third-order valence-corrected chi connectivity index (χ3v) is 6.17. The Morgan fingerprint density at radius 3 is 2.48 bits per heavy atom. The molecule has 2 N–H and O–H groups in total. The van der Waals surface area contributed by atoms with Crippen LogP contribution >= 0.6 is 12.4 Å². The second-order valence-electron chi connectivity index (χ2n) is 5.56. The number of benzene rings is 1. The zero-order chi connectivity index (χ0) is 16.3. The first kappa shape index (κ1) is 19.9. The van der Waals surface area contributed by atoms with Crippen molar-refractivity contribution in [2.45, 2.75) is 24.7 Å². The van der Waals surface area contributed by atoms with Crippen molar-refractivity contribution < 1.29 is 17.9 Å². The molecular formula is C15H23ClN2O4S. The Kier molecular flexibility index (Phi) is 7.01. The summed E-state index contributed by atoms with van der Waals surface area (Å²) in [6.45, 7) is 3.24. The number of nitrogens with two attached hydrogens (primary N) is 1. The molecule has 0 amide bonds. The number of esters is 1. The summed E-state index contributed by atoms with van der Waals surface area (Å²) in [6.07, 6.45) is 1.54. The summed E-state index contributed by atoms with van der Waals surface area (Å²) in [7, 11) is -2.33. The molecule has 2 rings (SSSR count). The standard InChI is InChI=1S/C15H22N2O4S.ClH/c1-11-3-4-13(15(18)21-2)9-14(11)22(19,20)17-7-5-12(10-16)6-8-17;/h3-4,9,12H,5-8,10,16H2,1-2H3;1H. The van der Waals surface area contributed by atoms with Crippen molar-refractivity contribution in [2.24, 2.45) is 11.7 Å². The molecule has 0 radical (unpaired) electrons. The maximum absolute atomic E-state index is 12.8. The Bertz CT molecular complexity index is 655. The van der Waals surface area contributed by atoms with Crippen molar-refractivity contribution in [3.63, 3.8) is 0 Å². The SMILES string of the molecule is COC(=O)c1ccc(C)c(S(=O)(=O)N2CCC(CN)CC2)c1.Cl. The van der Waals surface area contributed by atoms with Crippen molar-refractivity contribution in [2.75, 3.05) is 26.7 Å². The van der Waals surface area contributed by atoms with E-state index >= 15 is 0 Å². The first-order valence-corrected chi connectivity index (χ1v) is 8.73. The van der Waals surface area contributed by atoms with Crippen molar-refractivity contribution in [1.82, 2.24) is 4.31 Å². The van der Waals surface area contributed by atoms with Crippen LogP contribution in [-0.4, -0.2) is 45.4 Å². The number of piperidine rings is 1. The number of halogens is 1. The third-order valence-electron chi connectivity index (χ3n) is 4.13. The second kappa shape index (κ2) is 8.10. The smallest absolute Gasteiger partial charge is 0.337 e. The fourth-order valence-corrected chi connectivity index (χ4v) is 4.37. The van der Waals surface area contributed by atoms with Crippen LogP contribution in [0.3, 0.4) is 0 Å². The number of methoxy groups -OCH3 is 1. The zero-order valence-corrected chi connectivity index (χ0v) is 15.0. The highest BCUT2D eigenvalue weighted by Crippen LogP contribution is 2.26. The van der Waals surface area contributed by atoms with Gasteiger partial charge < -0.3 is 10.5 Å². The van der Waals surface area contributed by atoms with Crippen LogP contribution in [0, 0.1) is 12.8 Å². The van der Waals surface area contributed by atoms with Crippen LogP contribution in [0.15, 0.2) is 23.1 Å². The molecule has 1 fully saturated rings. The summed E-state index contributed by atoms with van der Waals surface area (Å²) >= 11 is 0. The van der Waals surface area contributed by atoms with E-state index in [1.165, 1.54) is 17.5 Å². The Labute approximate surface area is 143 Å². The largest absolute Gasteiger partial charge is 0.465 e. The average molecular weight is 363 g/mol. The molecule has 1 aliphatic heterocycles. The minimum Gasteiger partial charge on any atom is -0.465 e. The van der Waals surface area contributed by atoms with Gasteiger partial charge in [0.05, 0.1) is 17.6 Å². The number of hydrogen-bond acceptors (Lipinski definition) is 5. The number of hydrogen-bond donors (Lipinski definition) is 1. The molecule has 0 saturated carbocycles. The number of rotatable bonds is 4. The molecule has 1 aliphatic rings. The van der Waals surface area contributed by atoms with E-state index in [1.54, 1.807) is 19.1 Å². The molecule has 23 heavy (non-hydrogen) atoms. The lowest BCUT2D eigenvalue weighted by molar-refractivity contribution is 0.0600. The van der Waals surface area contributed by atoms with Crippen LogP contribution in [0.5, 0.6) is 0 Å². The number of aryl methyl sites for hydroxylation is 1. The highest BCUT2D eigenvalue weighted by molar-refractivity contribution is 7.89. The van der Waals surface area contributed by atoms with Crippen molar-refractivity contribution >= 4 is 28.4 Å². The van der Waals surface area contributed by atoms with Gasteiger partial charge in [0.15, 0.2) is 0 Å². The van der Waals surface area contributed by atoms with Gasteiger partial charge in [-0.1, -0.05) is 6.07 Å². The molecule has 0 aromatic heterocycles. The maximum Gasteiger partial charge on any atom is 0.337 e. The van der Waals surface area contributed by atoms with Gasteiger partial charge in [0.1, 0.15) is 0 Å². The van der Waals surface area contributed by atoms with Gasteiger partial charge in [0, 0.05) is 13.1 Å². The third kappa shape index (κ3) is 4.23. The van der Waals surface area contributed by atoms with E-state index in [1.807, 2.05) is 0 Å². The zero-order valence-electron chi connectivity index (χ0n) is 13.3. The van der Waals surface area contributed by atoms with E-state index in [0.29, 0.717) is 31.1 Å². The highest BCUT2D eigenvalue weighted by atomic mass is 35.5. The van der Waals surface area contributed by atoms with Gasteiger partial charge in [-0.25, -0.2) is 13.2 Å². The summed E-state index contributed by atoms with van der Waals surface area (Å²) in [5.41, 5.74) is 6.50. The van der Waals surface area contributed by atoms with E-state index < -0.39 is 16.0 Å². The summed E-state index contributed by atoms with van der Waals surface area (Å²) in [4.78, 5) is 11.8. The molecule has 0 atom stereocenters. The molecule has 0 unspecified atom stereocenters. The molecule has 6 nitrogen and oxygen atoms in total. The van der Waals surface area contributed by atoms with Gasteiger partial charge in [-0.05, 0) is 49.9 Å². The van der Waals surface area contributed by atoms with E-state index in [4.69, 9.17) is 5.73 Å². The summed E-state index contributed by atoms with van der Waals surface area (Å²) < 4.78 is 31.7. The number of sulfonamides is 1. The summed E-state index contributed by atoms with van der Waals surface area (Å²) in [6, 6.07) is 4.60. The molecule has 1 saturated heterocycles. The summed E-state index contributed by atoms with van der Waals surface area (Å²) in [5.74, 6) is -0.160. The lowest BCUT2D eigenvalue weighted by atomic mass is 9.99. The van der Waals surface area contributed by atoms with Crippen LogP contribution in [0.25, 0.3) is 0 Å². The van der Waals surface area contributed by atoms with Gasteiger partial charge in [0.25, 0.3) is 0 Å². The number of carbonyl (C=O) groups excluding carboxylic acids is 1. The Balaban J connectivity index is 0.00000264. The molecule has 0 bridgehead atoms. The van der Waals surface area contributed by atoms with Crippen LogP contribution < -0.4 is 5.73 Å². The molecule has 1 aromatic carbocycles. The van der Waals surface area contributed by atoms with Gasteiger partial charge >= 0.3 is 5.97 Å². The highest BCUT2D eigenvalue weighted by Gasteiger charge is 2.30. The fourth-order valence-electron chi connectivity index (χ4n) is 2.65. The topological polar surface area (TPSA) is 89.7 Å². The lowest BCUT2D eigenvalue weighted by Gasteiger charge is -2.31. The first-order chi connectivity index (χ1) is 10.4. The van der Waals surface area contributed by atoms with Gasteiger partial charge in [0.2, 0.25) is 10.0 Å². The predicted molar refractivity (Wildman–Crippen MR) is 90.3 cm³/mol. The van der Waals surface area contributed by atoms with Crippen molar-refractivity contribution in [1.29, 1.82) is 0 Å². The number of nitrogens with zero attached hydrogens (tertiary/aromatic N) is 1. The monoisotopic (exact) mass is 362 g/mol. The molecule has 1 heterocycles. The molecule has 0 aliphatic carbocycles. The van der Waals surface area contributed by atoms with Crippen molar-refractivity contribution in [3.8, 4) is 0 Å². The average Bonchev–Trinajstić information content (AvgIpc) is 2.54. The van der Waals surface area contributed by atoms with Gasteiger partial charge in [-0.2, -0.15) is 4.31 Å². The molecule has 1 aromatic rings. The second-order valence-corrected chi connectivity index (χ2v) is 7.46. The van der Waals surface area contributed by atoms with E-state index in [-0.39, 0.29) is 22.9 Å². The predicted octanol–water partition coefficient (Wildman–Crippen LogP) is 1.56. The first-order valence-electron chi connectivity index (χ1n) is 7.29. The van der Waals surface area contributed by atoms with E-state index in [9.17, 15) is 13.2 Å². The number of ether oxygens (including phenoxy) is 1. The van der Waals surface area contributed by atoms with E-state index in [0.717, 1.165) is 12.8 Å².